The number of ether oxygens (including phenoxy) is 1. The molecule has 1 aliphatic heterocycles. The Labute approximate surface area is 163 Å². The molecule has 0 aliphatic carbocycles. The Morgan fingerprint density at radius 3 is 2.18 bits per heavy atom. The lowest BCUT2D eigenvalue weighted by Gasteiger charge is -2.27. The Bertz CT molecular complexity index is 864. The molecule has 3 rings (SSSR count). The molecule has 0 radical (unpaired) electrons. The number of phenolic OH excluding ortho intramolecular Hbond substituents is 1. The number of pyridine rings is 1. The molecule has 1 aromatic heterocycles. The summed E-state index contributed by atoms with van der Waals surface area (Å²) in [6.45, 7) is 3.04. The van der Waals surface area contributed by atoms with Crippen molar-refractivity contribution in [3.05, 3.63) is 65.9 Å². The molecule has 0 bridgehead atoms. The first-order chi connectivity index (χ1) is 13.6. The molecule has 2 aromatic rings. The number of nitrogens with zero attached hydrogens (tertiary/aromatic N) is 2. The van der Waals surface area contributed by atoms with E-state index in [-0.39, 0.29) is 23.7 Å². The van der Waals surface area contributed by atoms with Gasteiger partial charge in [0, 0.05) is 19.3 Å². The zero-order valence-electron chi connectivity index (χ0n) is 15.5. The smallest absolute Gasteiger partial charge is 0.163 e. The second-order valence-electron chi connectivity index (χ2n) is 6.42. The van der Waals surface area contributed by atoms with Crippen LogP contribution in [0.5, 0.6) is 5.75 Å². The van der Waals surface area contributed by atoms with Crippen molar-refractivity contribution in [3.63, 3.8) is 0 Å². The maximum Gasteiger partial charge on any atom is 0.163 e. The number of aromatic hydroxyl groups is 1. The third-order valence-corrected chi connectivity index (χ3v) is 4.27. The average molecular weight is 378 g/mol. The zero-order valence-corrected chi connectivity index (χ0v) is 15.5. The Morgan fingerprint density at radius 2 is 1.57 bits per heavy atom. The monoisotopic (exact) mass is 378 g/mol. The Hall–Kier alpha value is -3.25. The highest BCUT2D eigenvalue weighted by atomic mass is 16.5. The molecule has 1 aromatic carbocycles. The third-order valence-electron chi connectivity index (χ3n) is 4.27. The van der Waals surface area contributed by atoms with E-state index in [9.17, 15) is 14.7 Å². The molecule has 0 saturated carbocycles. The van der Waals surface area contributed by atoms with Crippen molar-refractivity contribution in [2.75, 3.05) is 31.2 Å². The number of carbonyl (C=O) groups is 2. The Kier molecular flexibility index (Phi) is 6.70. The first kappa shape index (κ1) is 19.5. The van der Waals surface area contributed by atoms with Crippen LogP contribution in [-0.2, 0) is 14.3 Å². The lowest BCUT2D eigenvalue weighted by molar-refractivity contribution is -0.121. The number of phenols is 1. The Balaban J connectivity index is 1.50. The lowest BCUT2D eigenvalue weighted by Crippen LogP contribution is -2.36. The topological polar surface area (TPSA) is 79.7 Å². The molecule has 6 heteroatoms. The van der Waals surface area contributed by atoms with Gasteiger partial charge in [-0.15, -0.1) is 0 Å². The van der Waals surface area contributed by atoms with Crippen LogP contribution in [0.3, 0.4) is 0 Å². The molecule has 28 heavy (non-hydrogen) atoms. The standard InChI is InChI=1S/C22H22N2O4/c25-19-6-1-17(2-7-19)3-8-20(26)15-21(27)9-4-18-5-10-22(23-16-18)24-11-13-28-14-12-24/h1-10,16,25H,11-15H2. The highest BCUT2D eigenvalue weighted by Gasteiger charge is 2.11. The normalized spacial score (nSPS) is 14.6. The van der Waals surface area contributed by atoms with Gasteiger partial charge in [0.25, 0.3) is 0 Å². The van der Waals surface area contributed by atoms with Gasteiger partial charge < -0.3 is 14.7 Å². The van der Waals surface area contributed by atoms with E-state index in [0.717, 1.165) is 30.0 Å². The number of benzene rings is 1. The van der Waals surface area contributed by atoms with Gasteiger partial charge in [0.15, 0.2) is 11.6 Å². The number of anilines is 1. The van der Waals surface area contributed by atoms with Crippen molar-refractivity contribution in [2.45, 2.75) is 6.42 Å². The molecule has 0 unspecified atom stereocenters. The fraction of sp³-hybridized carbons (Fsp3) is 0.227. The predicted molar refractivity (Wildman–Crippen MR) is 108 cm³/mol. The van der Waals surface area contributed by atoms with Gasteiger partial charge in [-0.3, -0.25) is 9.59 Å². The summed E-state index contributed by atoms with van der Waals surface area (Å²) in [7, 11) is 0. The minimum absolute atomic E-state index is 0.163. The van der Waals surface area contributed by atoms with E-state index in [0.29, 0.717) is 13.2 Å². The molecule has 0 atom stereocenters. The van der Waals surface area contributed by atoms with Crippen molar-refractivity contribution in [3.8, 4) is 5.75 Å². The fourth-order valence-corrected chi connectivity index (χ4v) is 2.73. The van der Waals surface area contributed by atoms with Crippen molar-refractivity contribution in [1.82, 2.24) is 4.98 Å². The molecular formula is C22H22N2O4. The summed E-state index contributed by atoms with van der Waals surface area (Å²) in [5.74, 6) is 0.513. The number of rotatable bonds is 7. The minimum Gasteiger partial charge on any atom is -0.508 e. The van der Waals surface area contributed by atoms with Gasteiger partial charge in [0.1, 0.15) is 11.6 Å². The average Bonchev–Trinajstić information content (AvgIpc) is 2.73. The fourth-order valence-electron chi connectivity index (χ4n) is 2.73. The van der Waals surface area contributed by atoms with Crippen LogP contribution in [-0.4, -0.2) is 48.0 Å². The molecule has 144 valence electrons. The van der Waals surface area contributed by atoms with E-state index in [2.05, 4.69) is 9.88 Å². The molecule has 1 saturated heterocycles. The minimum atomic E-state index is -0.275. The summed E-state index contributed by atoms with van der Waals surface area (Å²) >= 11 is 0. The highest BCUT2D eigenvalue weighted by Crippen LogP contribution is 2.14. The van der Waals surface area contributed by atoms with E-state index >= 15 is 0 Å². The van der Waals surface area contributed by atoms with Gasteiger partial charge >= 0.3 is 0 Å². The first-order valence-electron chi connectivity index (χ1n) is 9.10. The van der Waals surface area contributed by atoms with E-state index < -0.39 is 0 Å². The maximum absolute atomic E-state index is 12.0. The number of hydrogen-bond acceptors (Lipinski definition) is 6. The summed E-state index contributed by atoms with van der Waals surface area (Å²) in [4.78, 5) is 30.5. The molecule has 1 fully saturated rings. The van der Waals surface area contributed by atoms with E-state index in [1.807, 2.05) is 12.1 Å². The van der Waals surface area contributed by atoms with Crippen molar-refractivity contribution < 1.29 is 19.4 Å². The Morgan fingerprint density at radius 1 is 0.964 bits per heavy atom. The zero-order chi connectivity index (χ0) is 19.8. The van der Waals surface area contributed by atoms with E-state index in [4.69, 9.17) is 4.74 Å². The van der Waals surface area contributed by atoms with E-state index in [1.165, 1.54) is 24.3 Å². The molecule has 6 nitrogen and oxygen atoms in total. The summed E-state index contributed by atoms with van der Waals surface area (Å²) in [5.41, 5.74) is 1.58. The largest absolute Gasteiger partial charge is 0.508 e. The number of aromatic nitrogens is 1. The van der Waals surface area contributed by atoms with Gasteiger partial charge in [-0.25, -0.2) is 4.98 Å². The first-order valence-corrected chi connectivity index (χ1v) is 9.10. The maximum atomic E-state index is 12.0. The number of hydrogen-bond donors (Lipinski definition) is 1. The van der Waals surface area contributed by atoms with Crippen molar-refractivity contribution in [2.24, 2.45) is 0 Å². The van der Waals surface area contributed by atoms with E-state index in [1.54, 1.807) is 30.5 Å². The van der Waals surface area contributed by atoms with Crippen LogP contribution in [0.4, 0.5) is 5.82 Å². The summed E-state index contributed by atoms with van der Waals surface area (Å²) in [5, 5.41) is 9.23. The number of allylic oxidation sites excluding steroid dienone is 2. The van der Waals surface area contributed by atoms with Gasteiger partial charge in [-0.1, -0.05) is 18.2 Å². The van der Waals surface area contributed by atoms with Crippen molar-refractivity contribution in [1.29, 1.82) is 0 Å². The summed E-state index contributed by atoms with van der Waals surface area (Å²) < 4.78 is 5.33. The van der Waals surface area contributed by atoms with Gasteiger partial charge in [0.2, 0.25) is 0 Å². The second kappa shape index (κ2) is 9.62. The quantitative estimate of drug-likeness (QED) is 0.590. The number of ketones is 2. The van der Waals surface area contributed by atoms with Crippen LogP contribution < -0.4 is 4.90 Å². The van der Waals surface area contributed by atoms with Gasteiger partial charge in [-0.05, 0) is 53.6 Å². The van der Waals surface area contributed by atoms with Gasteiger partial charge in [-0.2, -0.15) is 0 Å². The van der Waals surface area contributed by atoms with Crippen LogP contribution in [0.2, 0.25) is 0 Å². The molecule has 1 aliphatic rings. The van der Waals surface area contributed by atoms with Crippen molar-refractivity contribution >= 4 is 29.5 Å². The molecule has 2 heterocycles. The highest BCUT2D eigenvalue weighted by molar-refractivity contribution is 6.10. The molecular weight excluding hydrogens is 356 g/mol. The molecule has 0 spiro atoms. The van der Waals surface area contributed by atoms with Crippen LogP contribution >= 0.6 is 0 Å². The number of carbonyl (C=O) groups excluding carboxylic acids is 2. The van der Waals surface area contributed by atoms with Crippen LogP contribution in [0, 0.1) is 0 Å². The van der Waals surface area contributed by atoms with Crippen LogP contribution in [0.15, 0.2) is 54.7 Å². The molecule has 1 N–H and O–H groups in total. The van der Waals surface area contributed by atoms with Crippen LogP contribution in [0.1, 0.15) is 17.5 Å². The second-order valence-corrected chi connectivity index (χ2v) is 6.42. The summed E-state index contributed by atoms with van der Waals surface area (Å²) in [6.07, 6.45) is 7.57. The third kappa shape index (κ3) is 5.89. The predicted octanol–water partition coefficient (Wildman–Crippen LogP) is 2.88. The van der Waals surface area contributed by atoms with Gasteiger partial charge in [0.05, 0.1) is 19.6 Å². The molecule has 0 amide bonds. The SMILES string of the molecule is O=C(C=Cc1ccc(O)cc1)CC(=O)C=Cc1ccc(N2CCOCC2)nc1. The summed E-state index contributed by atoms with van der Waals surface area (Å²) in [6, 6.07) is 10.3. The lowest BCUT2D eigenvalue weighted by atomic mass is 10.1. The number of morpholine rings is 1. The van der Waals surface area contributed by atoms with Crippen LogP contribution in [0.25, 0.3) is 12.2 Å².